The quantitative estimate of drug-likeness (QED) is 0.318. The van der Waals surface area contributed by atoms with Crippen molar-refractivity contribution in [1.82, 2.24) is 24.6 Å². The molecule has 0 atom stereocenters. The van der Waals surface area contributed by atoms with Crippen LogP contribution in [-0.4, -0.2) is 43.6 Å². The van der Waals surface area contributed by atoms with E-state index in [1.54, 1.807) is 12.3 Å². The highest BCUT2D eigenvalue weighted by atomic mass is 35.5. The van der Waals surface area contributed by atoms with Crippen molar-refractivity contribution < 1.29 is 9.21 Å². The maximum atomic E-state index is 13.1. The number of likely N-dealkylation sites (tertiary alicyclic amines) is 1. The fraction of sp³-hybridized carbons (Fsp3) is 0.200. The maximum absolute atomic E-state index is 13.1. The second-order valence-electron chi connectivity index (χ2n) is 8.28. The van der Waals surface area contributed by atoms with Crippen LogP contribution in [0.4, 0.5) is 0 Å². The van der Waals surface area contributed by atoms with E-state index in [-0.39, 0.29) is 11.8 Å². The highest BCUT2D eigenvalue weighted by molar-refractivity contribution is 7.13. The Morgan fingerprint density at radius 1 is 1.09 bits per heavy atom. The van der Waals surface area contributed by atoms with E-state index in [4.69, 9.17) is 16.0 Å². The van der Waals surface area contributed by atoms with E-state index < -0.39 is 0 Å². The molecule has 1 saturated heterocycles. The molecule has 170 valence electrons. The van der Waals surface area contributed by atoms with Gasteiger partial charge in [0, 0.05) is 41.2 Å². The second-order valence-corrected chi connectivity index (χ2v) is 9.57. The lowest BCUT2D eigenvalue weighted by Crippen LogP contribution is -2.38. The lowest BCUT2D eigenvalue weighted by molar-refractivity contribution is 0.0701. The van der Waals surface area contributed by atoms with Crippen LogP contribution in [0.5, 0.6) is 0 Å². The number of hydrogen-bond acceptors (Lipinski definition) is 6. The number of oxazole rings is 1. The molecule has 34 heavy (non-hydrogen) atoms. The molecule has 4 heterocycles. The van der Waals surface area contributed by atoms with Crippen molar-refractivity contribution in [3.05, 3.63) is 82.9 Å². The number of halogens is 1. The smallest absolute Gasteiger partial charge is 0.273 e. The van der Waals surface area contributed by atoms with Crippen molar-refractivity contribution in [2.45, 2.75) is 18.8 Å². The minimum Gasteiger partial charge on any atom is -0.440 e. The molecule has 0 unspecified atom stereocenters. The predicted octanol–water partition coefficient (Wildman–Crippen LogP) is 5.81. The lowest BCUT2D eigenvalue weighted by Gasteiger charge is -2.30. The first kappa shape index (κ1) is 21.1. The van der Waals surface area contributed by atoms with Gasteiger partial charge in [0.1, 0.15) is 16.2 Å². The molecule has 0 bridgehead atoms. The topological polar surface area (TPSA) is 77.1 Å². The number of rotatable bonds is 4. The number of carbonyl (C=O) groups is 1. The molecule has 0 aliphatic carbocycles. The number of hydrogen-bond donors (Lipinski definition) is 0. The number of fused-ring (bicyclic) bond motifs is 1. The van der Waals surface area contributed by atoms with Gasteiger partial charge in [0.25, 0.3) is 5.91 Å². The van der Waals surface area contributed by atoms with Crippen molar-refractivity contribution >= 4 is 39.9 Å². The van der Waals surface area contributed by atoms with Crippen molar-refractivity contribution in [3.8, 4) is 16.3 Å². The molecule has 0 radical (unpaired) electrons. The molecular weight excluding hydrogens is 470 g/mol. The number of para-hydroxylation sites is 1. The van der Waals surface area contributed by atoms with Crippen LogP contribution in [0.1, 0.15) is 35.1 Å². The van der Waals surface area contributed by atoms with Crippen molar-refractivity contribution in [2.24, 2.45) is 0 Å². The summed E-state index contributed by atoms with van der Waals surface area (Å²) in [7, 11) is 0. The van der Waals surface area contributed by atoms with Gasteiger partial charge in [-0.2, -0.15) is 5.10 Å². The van der Waals surface area contributed by atoms with Gasteiger partial charge in [-0.05, 0) is 43.2 Å². The van der Waals surface area contributed by atoms with Crippen LogP contribution < -0.4 is 0 Å². The minimum atomic E-state index is -0.0410. The fourth-order valence-electron chi connectivity index (χ4n) is 4.24. The molecule has 3 aromatic heterocycles. The highest BCUT2D eigenvalue weighted by Gasteiger charge is 2.28. The Labute approximate surface area is 204 Å². The van der Waals surface area contributed by atoms with Crippen LogP contribution >= 0.6 is 22.9 Å². The maximum Gasteiger partial charge on any atom is 0.273 e. The van der Waals surface area contributed by atoms with Crippen LogP contribution in [0, 0.1) is 0 Å². The summed E-state index contributed by atoms with van der Waals surface area (Å²) in [4.78, 5) is 24.2. The zero-order valence-corrected chi connectivity index (χ0v) is 19.7. The molecule has 0 N–H and O–H groups in total. The summed E-state index contributed by atoms with van der Waals surface area (Å²) < 4.78 is 7.75. The Morgan fingerprint density at radius 2 is 1.91 bits per heavy atom. The summed E-state index contributed by atoms with van der Waals surface area (Å²) in [5, 5.41) is 7.68. The van der Waals surface area contributed by atoms with Gasteiger partial charge in [-0.25, -0.2) is 14.6 Å². The van der Waals surface area contributed by atoms with Crippen molar-refractivity contribution in [3.63, 3.8) is 0 Å². The van der Waals surface area contributed by atoms with E-state index in [0.29, 0.717) is 23.8 Å². The van der Waals surface area contributed by atoms with Gasteiger partial charge < -0.3 is 9.32 Å². The van der Waals surface area contributed by atoms with Crippen LogP contribution in [-0.2, 0) is 0 Å². The highest BCUT2D eigenvalue weighted by Crippen LogP contribution is 2.32. The van der Waals surface area contributed by atoms with Crippen LogP contribution in [0.15, 0.2) is 70.7 Å². The Kier molecular flexibility index (Phi) is 5.39. The Hall–Kier alpha value is -3.49. The summed E-state index contributed by atoms with van der Waals surface area (Å²) in [5.41, 5.74) is 3.85. The minimum absolute atomic E-state index is 0.0410. The SMILES string of the molecule is O=C(c1csc(-c2cnn(-c3ccccc3)c2)n1)N1CCC(c2nc3cc(Cl)ccc3o2)CC1. The van der Waals surface area contributed by atoms with E-state index >= 15 is 0 Å². The first-order chi connectivity index (χ1) is 16.6. The standard InChI is InChI=1S/C25H20ClN5O2S/c26-18-6-7-22-20(12-18)28-23(33-22)16-8-10-30(11-9-16)25(32)21-15-34-24(29-21)17-13-27-31(14-17)19-4-2-1-3-5-19/h1-7,12-16H,8-11H2. The average molecular weight is 490 g/mol. The molecule has 1 amide bonds. The third kappa shape index (κ3) is 3.99. The number of carbonyl (C=O) groups excluding carboxylic acids is 1. The predicted molar refractivity (Wildman–Crippen MR) is 132 cm³/mol. The summed E-state index contributed by atoms with van der Waals surface area (Å²) in [6.07, 6.45) is 5.31. The third-order valence-electron chi connectivity index (χ3n) is 6.07. The van der Waals surface area contributed by atoms with Gasteiger partial charge in [0.2, 0.25) is 0 Å². The molecule has 0 saturated carbocycles. The van der Waals surface area contributed by atoms with Crippen LogP contribution in [0.3, 0.4) is 0 Å². The summed E-state index contributed by atoms with van der Waals surface area (Å²) in [6, 6.07) is 15.4. The van der Waals surface area contributed by atoms with Crippen LogP contribution in [0.25, 0.3) is 27.4 Å². The summed E-state index contributed by atoms with van der Waals surface area (Å²) in [6.45, 7) is 1.28. The van der Waals surface area contributed by atoms with Gasteiger partial charge in [0.05, 0.1) is 11.9 Å². The largest absolute Gasteiger partial charge is 0.440 e. The Bertz CT molecular complexity index is 1470. The molecule has 1 aliphatic rings. The number of amides is 1. The normalized spacial score (nSPS) is 14.7. The monoisotopic (exact) mass is 489 g/mol. The number of piperidine rings is 1. The number of thiazole rings is 1. The summed E-state index contributed by atoms with van der Waals surface area (Å²) in [5.74, 6) is 0.863. The summed E-state index contributed by atoms with van der Waals surface area (Å²) >= 11 is 7.52. The first-order valence-electron chi connectivity index (χ1n) is 11.1. The first-order valence-corrected chi connectivity index (χ1v) is 12.3. The van der Waals surface area contributed by atoms with E-state index in [2.05, 4.69) is 15.1 Å². The molecule has 7 nitrogen and oxygen atoms in total. The van der Waals surface area contributed by atoms with Gasteiger partial charge >= 0.3 is 0 Å². The molecule has 6 rings (SSSR count). The number of nitrogens with zero attached hydrogens (tertiary/aromatic N) is 5. The molecule has 1 fully saturated rings. The molecule has 9 heteroatoms. The zero-order valence-electron chi connectivity index (χ0n) is 18.1. The van der Waals surface area contributed by atoms with E-state index in [0.717, 1.165) is 46.1 Å². The van der Waals surface area contributed by atoms with Crippen molar-refractivity contribution in [2.75, 3.05) is 13.1 Å². The lowest BCUT2D eigenvalue weighted by atomic mass is 9.96. The Morgan fingerprint density at radius 3 is 2.74 bits per heavy atom. The van der Waals surface area contributed by atoms with E-state index in [1.165, 1.54) is 11.3 Å². The van der Waals surface area contributed by atoms with Gasteiger partial charge in [0.15, 0.2) is 11.5 Å². The van der Waals surface area contributed by atoms with Gasteiger partial charge in [-0.15, -0.1) is 11.3 Å². The van der Waals surface area contributed by atoms with Crippen molar-refractivity contribution in [1.29, 1.82) is 0 Å². The molecular formula is C25H20ClN5O2S. The zero-order chi connectivity index (χ0) is 23.1. The van der Waals surface area contributed by atoms with Crippen LogP contribution in [0.2, 0.25) is 5.02 Å². The van der Waals surface area contributed by atoms with E-state index in [9.17, 15) is 4.79 Å². The second kappa shape index (κ2) is 8.70. The van der Waals surface area contributed by atoms with Gasteiger partial charge in [-0.1, -0.05) is 29.8 Å². The molecule has 5 aromatic rings. The molecule has 0 spiro atoms. The van der Waals surface area contributed by atoms with E-state index in [1.807, 2.05) is 63.6 Å². The number of aromatic nitrogens is 4. The third-order valence-corrected chi connectivity index (χ3v) is 7.20. The average Bonchev–Trinajstić information content (AvgIpc) is 3.63. The number of benzene rings is 2. The Balaban J connectivity index is 1.12. The molecule has 2 aromatic carbocycles. The molecule has 1 aliphatic heterocycles. The fourth-order valence-corrected chi connectivity index (χ4v) is 5.18. The van der Waals surface area contributed by atoms with Gasteiger partial charge in [-0.3, -0.25) is 4.79 Å².